The summed E-state index contributed by atoms with van der Waals surface area (Å²) in [5, 5.41) is 19.3. The van der Waals surface area contributed by atoms with Crippen molar-refractivity contribution < 1.29 is 24.1 Å². The fraction of sp³-hybridized carbons (Fsp3) is 0.917. The summed E-state index contributed by atoms with van der Waals surface area (Å²) in [6, 6.07) is 1.99. The maximum atomic E-state index is 10.3. The molecule has 1 N–H and O–H groups in total. The molecule has 6 heteroatoms. The van der Waals surface area contributed by atoms with E-state index in [9.17, 15) is 5.11 Å². The largest absolute Gasteiger partial charge is 0.387 e. The molecule has 0 radical (unpaired) electrons. The second kappa shape index (κ2) is 4.44. The van der Waals surface area contributed by atoms with E-state index in [4.69, 9.17) is 24.2 Å². The van der Waals surface area contributed by atoms with Crippen LogP contribution in [-0.2, 0) is 18.9 Å². The standard InChI is InChI=1S/C12H19NO5/c1-11(2)15-6-8(17-11)9(14)10-7(5-13)16-12(3,4)18-10/h7-10,14H,6H2,1-4H3/t7-,8-,9-,10-/m1/s1. The van der Waals surface area contributed by atoms with Gasteiger partial charge in [-0.3, -0.25) is 0 Å². The van der Waals surface area contributed by atoms with Crippen molar-refractivity contribution in [3.8, 4) is 6.07 Å². The molecule has 2 heterocycles. The third-order valence-corrected chi connectivity index (χ3v) is 3.00. The van der Waals surface area contributed by atoms with Crippen molar-refractivity contribution in [1.29, 1.82) is 5.26 Å². The van der Waals surface area contributed by atoms with E-state index >= 15 is 0 Å². The lowest BCUT2D eigenvalue weighted by molar-refractivity contribution is -0.178. The Morgan fingerprint density at radius 2 is 1.83 bits per heavy atom. The van der Waals surface area contributed by atoms with Crippen molar-refractivity contribution >= 4 is 0 Å². The molecule has 0 aromatic carbocycles. The molecule has 0 aliphatic carbocycles. The van der Waals surface area contributed by atoms with E-state index in [0.717, 1.165) is 0 Å². The zero-order valence-corrected chi connectivity index (χ0v) is 11.0. The minimum absolute atomic E-state index is 0.270. The highest BCUT2D eigenvalue weighted by atomic mass is 16.8. The second-order valence-corrected chi connectivity index (χ2v) is 5.51. The summed E-state index contributed by atoms with van der Waals surface area (Å²) in [6.45, 7) is 7.24. The average molecular weight is 257 g/mol. The number of hydrogen-bond donors (Lipinski definition) is 1. The van der Waals surface area contributed by atoms with Gasteiger partial charge in [0.05, 0.1) is 12.7 Å². The molecular weight excluding hydrogens is 238 g/mol. The number of aliphatic hydroxyl groups excluding tert-OH is 1. The molecule has 2 aliphatic heterocycles. The van der Waals surface area contributed by atoms with Crippen molar-refractivity contribution in [2.75, 3.05) is 6.61 Å². The number of rotatable bonds is 2. The molecule has 0 bridgehead atoms. The lowest BCUT2D eigenvalue weighted by Gasteiger charge is -2.25. The third-order valence-electron chi connectivity index (χ3n) is 3.00. The number of ether oxygens (including phenoxy) is 4. The van der Waals surface area contributed by atoms with Crippen LogP contribution >= 0.6 is 0 Å². The second-order valence-electron chi connectivity index (χ2n) is 5.51. The smallest absolute Gasteiger partial charge is 0.176 e. The Morgan fingerprint density at radius 1 is 1.17 bits per heavy atom. The van der Waals surface area contributed by atoms with Gasteiger partial charge in [0.15, 0.2) is 17.7 Å². The summed E-state index contributed by atoms with van der Waals surface area (Å²) in [7, 11) is 0. The predicted octanol–water partition coefficient (Wildman–Crippen LogP) is 0.542. The summed E-state index contributed by atoms with van der Waals surface area (Å²) >= 11 is 0. The van der Waals surface area contributed by atoms with Gasteiger partial charge in [-0.15, -0.1) is 0 Å². The van der Waals surface area contributed by atoms with Crippen LogP contribution in [0.3, 0.4) is 0 Å². The summed E-state index contributed by atoms with van der Waals surface area (Å²) in [4.78, 5) is 0. The quantitative estimate of drug-likeness (QED) is 0.777. The molecule has 18 heavy (non-hydrogen) atoms. The monoisotopic (exact) mass is 257 g/mol. The van der Waals surface area contributed by atoms with Crippen LogP contribution in [0.2, 0.25) is 0 Å². The highest BCUT2D eigenvalue weighted by Gasteiger charge is 2.49. The summed E-state index contributed by atoms with van der Waals surface area (Å²) in [5.74, 6) is -1.59. The van der Waals surface area contributed by atoms with Gasteiger partial charge < -0.3 is 24.1 Å². The predicted molar refractivity (Wildman–Crippen MR) is 60.3 cm³/mol. The van der Waals surface area contributed by atoms with Crippen LogP contribution < -0.4 is 0 Å². The molecule has 2 rings (SSSR count). The van der Waals surface area contributed by atoms with Crippen LogP contribution in [0.25, 0.3) is 0 Å². The topological polar surface area (TPSA) is 80.9 Å². The van der Waals surface area contributed by atoms with E-state index in [2.05, 4.69) is 0 Å². The van der Waals surface area contributed by atoms with Crippen molar-refractivity contribution in [3.63, 3.8) is 0 Å². The molecule has 6 nitrogen and oxygen atoms in total. The van der Waals surface area contributed by atoms with Gasteiger partial charge in [-0.05, 0) is 27.7 Å². The summed E-state index contributed by atoms with van der Waals surface area (Å²) in [6.07, 6.45) is -3.01. The van der Waals surface area contributed by atoms with E-state index in [0.29, 0.717) is 0 Å². The van der Waals surface area contributed by atoms with E-state index in [1.54, 1.807) is 27.7 Å². The molecule has 0 amide bonds. The molecule has 0 spiro atoms. The average Bonchev–Trinajstić information content (AvgIpc) is 2.77. The van der Waals surface area contributed by atoms with E-state index < -0.39 is 36.0 Å². The SMILES string of the molecule is CC1(C)O[C@@H]([C@H](O)[C@H]2COC(C)(C)O2)[C@@H](C#N)O1. The molecule has 0 saturated carbocycles. The van der Waals surface area contributed by atoms with Crippen LogP contribution in [-0.4, -0.2) is 47.7 Å². The maximum absolute atomic E-state index is 10.3. The minimum atomic E-state index is -0.960. The van der Waals surface area contributed by atoms with Crippen LogP contribution in [0.5, 0.6) is 0 Å². The Balaban J connectivity index is 2.05. The van der Waals surface area contributed by atoms with Gasteiger partial charge in [0.1, 0.15) is 18.3 Å². The van der Waals surface area contributed by atoms with Crippen LogP contribution in [0.1, 0.15) is 27.7 Å². The van der Waals surface area contributed by atoms with Gasteiger partial charge in [0, 0.05) is 0 Å². The molecule has 2 aliphatic rings. The first kappa shape index (κ1) is 13.7. The minimum Gasteiger partial charge on any atom is -0.387 e. The number of nitrogens with zero attached hydrogens (tertiary/aromatic N) is 1. The Kier molecular flexibility index (Phi) is 3.38. The molecule has 4 atom stereocenters. The van der Waals surface area contributed by atoms with Crippen LogP contribution in [0.4, 0.5) is 0 Å². The van der Waals surface area contributed by atoms with Crippen molar-refractivity contribution in [2.45, 2.75) is 63.7 Å². The zero-order chi connectivity index (χ0) is 13.6. The lowest BCUT2D eigenvalue weighted by atomic mass is 10.0. The molecule has 2 saturated heterocycles. The van der Waals surface area contributed by atoms with E-state index in [-0.39, 0.29) is 6.61 Å². The Hall–Kier alpha value is -0.710. The summed E-state index contributed by atoms with van der Waals surface area (Å²) in [5.41, 5.74) is 0. The Labute approximate surface area is 106 Å². The molecule has 0 unspecified atom stereocenters. The van der Waals surface area contributed by atoms with Gasteiger partial charge in [-0.1, -0.05) is 0 Å². The van der Waals surface area contributed by atoms with E-state index in [1.165, 1.54) is 0 Å². The van der Waals surface area contributed by atoms with Crippen molar-refractivity contribution in [3.05, 3.63) is 0 Å². The Bertz CT molecular complexity index is 362. The summed E-state index contributed by atoms with van der Waals surface area (Å²) < 4.78 is 21.9. The van der Waals surface area contributed by atoms with Crippen LogP contribution in [0, 0.1) is 11.3 Å². The molecule has 0 aromatic heterocycles. The third kappa shape index (κ3) is 2.66. The fourth-order valence-electron chi connectivity index (χ4n) is 2.23. The highest BCUT2D eigenvalue weighted by molar-refractivity contribution is 5.01. The number of aliphatic hydroxyl groups is 1. The highest BCUT2D eigenvalue weighted by Crippen LogP contribution is 2.33. The first-order valence-corrected chi connectivity index (χ1v) is 5.99. The first-order chi connectivity index (χ1) is 8.24. The molecular formula is C12H19NO5. The normalized spacial score (nSPS) is 39.4. The van der Waals surface area contributed by atoms with Gasteiger partial charge in [0.2, 0.25) is 0 Å². The zero-order valence-electron chi connectivity index (χ0n) is 11.0. The van der Waals surface area contributed by atoms with Crippen molar-refractivity contribution in [1.82, 2.24) is 0 Å². The lowest BCUT2D eigenvalue weighted by Crippen LogP contribution is -2.44. The number of nitriles is 1. The molecule has 2 fully saturated rings. The van der Waals surface area contributed by atoms with E-state index in [1.807, 2.05) is 6.07 Å². The fourth-order valence-corrected chi connectivity index (χ4v) is 2.23. The van der Waals surface area contributed by atoms with Gasteiger partial charge >= 0.3 is 0 Å². The van der Waals surface area contributed by atoms with Crippen molar-refractivity contribution in [2.24, 2.45) is 0 Å². The van der Waals surface area contributed by atoms with Gasteiger partial charge in [-0.25, -0.2) is 0 Å². The molecule has 102 valence electrons. The maximum Gasteiger partial charge on any atom is 0.176 e. The first-order valence-electron chi connectivity index (χ1n) is 5.99. The van der Waals surface area contributed by atoms with Gasteiger partial charge in [0.25, 0.3) is 0 Å². The van der Waals surface area contributed by atoms with Gasteiger partial charge in [-0.2, -0.15) is 5.26 Å². The molecule has 0 aromatic rings. The Morgan fingerprint density at radius 3 is 2.33 bits per heavy atom. The van der Waals surface area contributed by atoms with Crippen LogP contribution in [0.15, 0.2) is 0 Å². The number of hydrogen-bond acceptors (Lipinski definition) is 6.